The van der Waals surface area contributed by atoms with Crippen LogP contribution in [0.3, 0.4) is 0 Å². The van der Waals surface area contributed by atoms with Crippen molar-refractivity contribution in [3.8, 4) is 0 Å². The highest BCUT2D eigenvalue weighted by molar-refractivity contribution is 5.98. The Balaban J connectivity index is 5.79. The molecule has 0 bridgehead atoms. The lowest BCUT2D eigenvalue weighted by molar-refractivity contribution is -0.141. The summed E-state index contributed by atoms with van der Waals surface area (Å²) in [6.45, 7) is 7.48. The second-order valence-electron chi connectivity index (χ2n) is 11.0. The van der Waals surface area contributed by atoms with Crippen LogP contribution >= 0.6 is 0 Å². The van der Waals surface area contributed by atoms with Crippen LogP contribution in [0.25, 0.3) is 0 Å². The van der Waals surface area contributed by atoms with Crippen molar-refractivity contribution in [2.75, 3.05) is 6.61 Å². The molecule has 7 amide bonds. The average molecular weight is 647 g/mol. The van der Waals surface area contributed by atoms with Crippen molar-refractivity contribution in [2.24, 2.45) is 17.4 Å². The Hall–Kier alpha value is -4.36. The van der Waals surface area contributed by atoms with E-state index < -0.39 is 109 Å². The van der Waals surface area contributed by atoms with Gasteiger partial charge in [-0.25, -0.2) is 0 Å². The van der Waals surface area contributed by atoms with Gasteiger partial charge in [0.1, 0.15) is 36.3 Å². The molecule has 13 N–H and O–H groups in total. The molecule has 0 aromatic rings. The zero-order chi connectivity index (χ0) is 35.2. The number of rotatable bonds is 19. The monoisotopic (exact) mass is 646 g/mol. The summed E-state index contributed by atoms with van der Waals surface area (Å²) in [4.78, 5) is 98.7. The highest BCUT2D eigenvalue weighted by Gasteiger charge is 2.34. The van der Waals surface area contributed by atoms with Gasteiger partial charge in [0.25, 0.3) is 0 Å². The van der Waals surface area contributed by atoms with Crippen LogP contribution in [0.2, 0.25) is 0 Å². The van der Waals surface area contributed by atoms with E-state index in [-0.39, 0.29) is 12.3 Å². The number of carboxylic acid groups (broad SMARTS) is 1. The molecule has 8 atom stereocenters. The molecule has 0 aliphatic heterocycles. The van der Waals surface area contributed by atoms with Crippen molar-refractivity contribution < 1.29 is 53.7 Å². The van der Waals surface area contributed by atoms with Gasteiger partial charge in [-0.15, -0.1) is 0 Å². The molecule has 0 fully saturated rings. The Morgan fingerprint density at radius 2 is 1.09 bits per heavy atom. The standard InChI is InChI=1S/C26H46N8O11/c1-10(2)7-15(22(40)29-12(4)21(39)30-13(5)26(44)45)31-23(41)16(8-18(28)37)32-24(42)17(9-35)33-25(43)19(14(6)36)34-20(38)11(3)27/h10-17,19,35-36H,7-9,27H2,1-6H3,(H2,28,37)(H,29,40)(H,30,39)(H,31,41)(H,32,42)(H,33,43)(H,34,38)(H,44,45)/t11-,12-,13-,14+,15-,16-,17-,19-/m0/s1. The number of carbonyl (C=O) groups is 8. The molecule has 0 aliphatic carbocycles. The number of carboxylic acids is 1. The number of nitrogens with one attached hydrogen (secondary N) is 6. The Morgan fingerprint density at radius 3 is 1.53 bits per heavy atom. The first-order valence-electron chi connectivity index (χ1n) is 14.1. The largest absolute Gasteiger partial charge is 0.480 e. The Morgan fingerprint density at radius 1 is 0.622 bits per heavy atom. The van der Waals surface area contributed by atoms with Crippen LogP contribution in [0.5, 0.6) is 0 Å². The number of primary amides is 1. The minimum Gasteiger partial charge on any atom is -0.480 e. The number of hydrogen-bond donors (Lipinski definition) is 11. The molecule has 0 radical (unpaired) electrons. The molecule has 0 unspecified atom stereocenters. The number of aliphatic carboxylic acids is 1. The van der Waals surface area contributed by atoms with E-state index in [2.05, 4.69) is 31.9 Å². The lowest BCUT2D eigenvalue weighted by Gasteiger charge is -2.27. The lowest BCUT2D eigenvalue weighted by Crippen LogP contribution is -2.61. The summed E-state index contributed by atoms with van der Waals surface area (Å²) in [5, 5.41) is 42.1. The topological polar surface area (TPSA) is 321 Å². The van der Waals surface area contributed by atoms with Crippen LogP contribution in [0.15, 0.2) is 0 Å². The number of hydrogen-bond acceptors (Lipinski definition) is 11. The fourth-order valence-electron chi connectivity index (χ4n) is 3.58. The van der Waals surface area contributed by atoms with Crippen LogP contribution in [-0.4, -0.2) is 118 Å². The summed E-state index contributed by atoms with van der Waals surface area (Å²) in [5.41, 5.74) is 10.7. The maximum absolute atomic E-state index is 13.2. The number of carbonyl (C=O) groups excluding carboxylic acids is 7. The third-order valence-electron chi connectivity index (χ3n) is 6.15. The molecule has 0 spiro atoms. The van der Waals surface area contributed by atoms with Crippen molar-refractivity contribution in [3.63, 3.8) is 0 Å². The predicted octanol–water partition coefficient (Wildman–Crippen LogP) is -5.34. The maximum Gasteiger partial charge on any atom is 0.325 e. The molecule has 19 heteroatoms. The molecule has 0 aliphatic rings. The molecule has 0 aromatic carbocycles. The second kappa shape index (κ2) is 19.1. The maximum atomic E-state index is 13.2. The number of nitrogens with two attached hydrogens (primary N) is 2. The molecular weight excluding hydrogens is 600 g/mol. The molecule has 0 aromatic heterocycles. The van der Waals surface area contributed by atoms with E-state index in [1.807, 2.05) is 0 Å². The minimum absolute atomic E-state index is 0.0396. The third-order valence-corrected chi connectivity index (χ3v) is 6.15. The summed E-state index contributed by atoms with van der Waals surface area (Å²) in [6, 6.07) is -9.74. The summed E-state index contributed by atoms with van der Waals surface area (Å²) in [5.74, 6) is -8.21. The van der Waals surface area contributed by atoms with Crippen molar-refractivity contribution in [2.45, 2.75) is 103 Å². The van der Waals surface area contributed by atoms with Crippen LogP contribution < -0.4 is 43.4 Å². The van der Waals surface area contributed by atoms with Gasteiger partial charge in [-0.3, -0.25) is 38.4 Å². The van der Waals surface area contributed by atoms with Gasteiger partial charge in [0.15, 0.2) is 0 Å². The molecule has 19 nitrogen and oxygen atoms in total. The van der Waals surface area contributed by atoms with Gasteiger partial charge < -0.3 is 58.7 Å². The van der Waals surface area contributed by atoms with E-state index in [0.717, 1.165) is 0 Å². The van der Waals surface area contributed by atoms with Crippen molar-refractivity contribution >= 4 is 47.3 Å². The lowest BCUT2D eigenvalue weighted by atomic mass is 10.0. The SMILES string of the molecule is CC(C)C[C@H](NC(=O)[C@H](CC(N)=O)NC(=O)[C@H](CO)NC(=O)[C@@H](NC(=O)[C@H](C)N)[C@@H](C)O)C(=O)N[C@@H](C)C(=O)N[C@@H](C)C(=O)O. The molecule has 0 saturated carbocycles. The number of aliphatic hydroxyl groups excluding tert-OH is 2. The zero-order valence-corrected chi connectivity index (χ0v) is 26.1. The fourth-order valence-corrected chi connectivity index (χ4v) is 3.58. The van der Waals surface area contributed by atoms with E-state index in [1.54, 1.807) is 13.8 Å². The highest BCUT2D eigenvalue weighted by Crippen LogP contribution is 2.07. The van der Waals surface area contributed by atoms with Crippen molar-refractivity contribution in [3.05, 3.63) is 0 Å². The molecule has 0 heterocycles. The normalized spacial score (nSPS) is 16.3. The Kier molecular flexibility index (Phi) is 17.3. The summed E-state index contributed by atoms with van der Waals surface area (Å²) >= 11 is 0. The van der Waals surface area contributed by atoms with Gasteiger partial charge in [-0.05, 0) is 40.0 Å². The molecule has 0 rings (SSSR count). The summed E-state index contributed by atoms with van der Waals surface area (Å²) < 4.78 is 0. The van der Waals surface area contributed by atoms with Gasteiger partial charge in [0, 0.05) is 0 Å². The number of amides is 7. The van der Waals surface area contributed by atoms with Crippen LogP contribution in [0.4, 0.5) is 0 Å². The van der Waals surface area contributed by atoms with Crippen LogP contribution in [0, 0.1) is 5.92 Å². The molecular formula is C26H46N8O11. The third kappa shape index (κ3) is 14.8. The fraction of sp³-hybridized carbons (Fsp3) is 0.692. The quantitative estimate of drug-likeness (QED) is 0.0627. The van der Waals surface area contributed by atoms with Gasteiger partial charge in [-0.2, -0.15) is 0 Å². The smallest absolute Gasteiger partial charge is 0.325 e. The highest BCUT2D eigenvalue weighted by atomic mass is 16.4. The van der Waals surface area contributed by atoms with E-state index in [9.17, 15) is 48.6 Å². The van der Waals surface area contributed by atoms with Gasteiger partial charge in [0.2, 0.25) is 41.4 Å². The van der Waals surface area contributed by atoms with Crippen LogP contribution in [0.1, 0.15) is 54.4 Å². The van der Waals surface area contributed by atoms with Gasteiger partial charge in [0.05, 0.1) is 25.2 Å². The van der Waals surface area contributed by atoms with E-state index in [0.29, 0.717) is 0 Å². The van der Waals surface area contributed by atoms with Gasteiger partial charge >= 0.3 is 5.97 Å². The summed E-state index contributed by atoms with van der Waals surface area (Å²) in [6.07, 6.45) is -2.16. The number of aliphatic hydroxyl groups is 2. The van der Waals surface area contributed by atoms with Crippen molar-refractivity contribution in [1.29, 1.82) is 0 Å². The van der Waals surface area contributed by atoms with Crippen LogP contribution in [-0.2, 0) is 38.4 Å². The van der Waals surface area contributed by atoms with Gasteiger partial charge in [-0.1, -0.05) is 13.8 Å². The molecule has 45 heavy (non-hydrogen) atoms. The first-order chi connectivity index (χ1) is 20.7. The predicted molar refractivity (Wildman–Crippen MR) is 156 cm³/mol. The molecule has 0 saturated heterocycles. The first kappa shape index (κ1) is 40.6. The minimum atomic E-state index is -1.73. The van der Waals surface area contributed by atoms with Crippen molar-refractivity contribution in [1.82, 2.24) is 31.9 Å². The zero-order valence-electron chi connectivity index (χ0n) is 26.1. The summed E-state index contributed by atoms with van der Waals surface area (Å²) in [7, 11) is 0. The average Bonchev–Trinajstić information content (AvgIpc) is 2.92. The molecule has 256 valence electrons. The van der Waals surface area contributed by atoms with E-state index in [4.69, 9.17) is 16.6 Å². The second-order valence-corrected chi connectivity index (χ2v) is 11.0. The van der Waals surface area contributed by atoms with E-state index in [1.165, 1.54) is 27.7 Å². The Bertz CT molecular complexity index is 1100. The first-order valence-corrected chi connectivity index (χ1v) is 14.1. The van der Waals surface area contributed by atoms with E-state index >= 15 is 0 Å². The Labute approximate surface area is 260 Å².